The van der Waals surface area contributed by atoms with Crippen LogP contribution in [0, 0.1) is 0 Å². The molecule has 5 rings (SSSR count). The van der Waals surface area contributed by atoms with E-state index in [1.54, 1.807) is 27.9 Å². The Bertz CT molecular complexity index is 625. The van der Waals surface area contributed by atoms with Gasteiger partial charge in [-0.1, -0.05) is 18.2 Å². The highest BCUT2D eigenvalue weighted by molar-refractivity contribution is 5.54. The molecule has 0 fully saturated rings. The zero-order chi connectivity index (χ0) is 11.7. The number of benzene rings is 1. The van der Waals surface area contributed by atoms with Gasteiger partial charge in [-0.25, -0.2) is 0 Å². The van der Waals surface area contributed by atoms with Crippen LogP contribution < -0.4 is 4.57 Å². The normalized spacial score (nSPS) is 26.0. The molecule has 1 aromatic carbocycles. The van der Waals surface area contributed by atoms with Crippen molar-refractivity contribution in [3.05, 3.63) is 64.5 Å². The van der Waals surface area contributed by atoms with E-state index >= 15 is 0 Å². The largest absolute Gasteiger partial charge is 0.197 e. The second-order valence-electron chi connectivity index (χ2n) is 6.04. The third kappa shape index (κ3) is 0.869. The van der Waals surface area contributed by atoms with Gasteiger partial charge in [0.05, 0.1) is 5.41 Å². The molecule has 1 heteroatoms. The molecule has 2 aliphatic carbocycles. The lowest BCUT2D eigenvalue weighted by Gasteiger charge is -2.29. The fourth-order valence-electron chi connectivity index (χ4n) is 4.73. The molecule has 1 unspecified atom stereocenters. The van der Waals surface area contributed by atoms with Crippen LogP contribution in [0.3, 0.4) is 0 Å². The first-order valence-corrected chi connectivity index (χ1v) is 7.02. The van der Waals surface area contributed by atoms with E-state index in [0.717, 1.165) is 6.54 Å². The molecule has 1 spiro atoms. The van der Waals surface area contributed by atoms with Gasteiger partial charge in [-0.2, -0.15) is 4.57 Å². The van der Waals surface area contributed by atoms with E-state index in [1.807, 2.05) is 0 Å². The molecule has 88 valence electrons. The molecule has 1 nitrogen and oxygen atoms in total. The first kappa shape index (κ1) is 9.32. The lowest BCUT2D eigenvalue weighted by atomic mass is 9.75. The summed E-state index contributed by atoms with van der Waals surface area (Å²) in [6.45, 7) is 1.08. The van der Waals surface area contributed by atoms with Crippen LogP contribution in [0.5, 0.6) is 0 Å². The first-order chi connectivity index (χ1) is 8.88. The molecule has 18 heavy (non-hydrogen) atoms. The standard InChI is InChI=1S/C17H16N/c1-3-12-6-8-17-9-7-13-5-2-10-18(16(13)17)11-14(4-1)15(12)17/h1-5,10H,6-9,11H2/q+1. The van der Waals surface area contributed by atoms with Crippen molar-refractivity contribution in [3.63, 3.8) is 0 Å². The second-order valence-corrected chi connectivity index (χ2v) is 6.04. The van der Waals surface area contributed by atoms with Crippen LogP contribution in [-0.2, 0) is 24.8 Å². The van der Waals surface area contributed by atoms with Gasteiger partial charge < -0.3 is 0 Å². The predicted molar refractivity (Wildman–Crippen MR) is 69.6 cm³/mol. The van der Waals surface area contributed by atoms with Gasteiger partial charge in [0.25, 0.3) is 0 Å². The Labute approximate surface area is 107 Å². The summed E-state index contributed by atoms with van der Waals surface area (Å²) in [7, 11) is 0. The summed E-state index contributed by atoms with van der Waals surface area (Å²) < 4.78 is 2.51. The van der Waals surface area contributed by atoms with Crippen LogP contribution >= 0.6 is 0 Å². The van der Waals surface area contributed by atoms with E-state index in [2.05, 4.69) is 41.1 Å². The van der Waals surface area contributed by atoms with Crippen LogP contribution in [-0.4, -0.2) is 0 Å². The van der Waals surface area contributed by atoms with Crippen LogP contribution in [0.2, 0.25) is 0 Å². The Morgan fingerprint density at radius 1 is 0.889 bits per heavy atom. The molecule has 0 saturated heterocycles. The van der Waals surface area contributed by atoms with Gasteiger partial charge in [-0.05, 0) is 42.9 Å². The predicted octanol–water partition coefficient (Wildman–Crippen LogP) is 2.51. The summed E-state index contributed by atoms with van der Waals surface area (Å²) in [5.41, 5.74) is 8.51. The fourth-order valence-corrected chi connectivity index (χ4v) is 4.73. The molecular weight excluding hydrogens is 218 g/mol. The van der Waals surface area contributed by atoms with Gasteiger partial charge in [0.2, 0.25) is 0 Å². The highest BCUT2D eigenvalue weighted by Gasteiger charge is 2.54. The highest BCUT2D eigenvalue weighted by Crippen LogP contribution is 2.53. The fraction of sp³-hybridized carbons (Fsp3) is 0.353. The molecule has 1 aliphatic heterocycles. The van der Waals surface area contributed by atoms with Crippen LogP contribution in [0.15, 0.2) is 36.5 Å². The number of hydrogen-bond acceptors (Lipinski definition) is 0. The Morgan fingerprint density at radius 2 is 1.67 bits per heavy atom. The van der Waals surface area contributed by atoms with Crippen molar-refractivity contribution in [1.29, 1.82) is 0 Å². The Kier molecular flexibility index (Phi) is 1.48. The molecule has 1 aromatic heterocycles. The average Bonchev–Trinajstić information content (AvgIpc) is 2.96. The lowest BCUT2D eigenvalue weighted by Crippen LogP contribution is -2.49. The summed E-state index contributed by atoms with van der Waals surface area (Å²) in [6, 6.07) is 11.5. The number of pyridine rings is 1. The van der Waals surface area contributed by atoms with E-state index in [4.69, 9.17) is 0 Å². The van der Waals surface area contributed by atoms with Crippen molar-refractivity contribution >= 4 is 0 Å². The number of aromatic nitrogens is 1. The maximum absolute atomic E-state index is 2.51. The number of aryl methyl sites for hydroxylation is 2. The highest BCUT2D eigenvalue weighted by atomic mass is 15.0. The maximum atomic E-state index is 2.51. The molecule has 0 saturated carbocycles. The topological polar surface area (TPSA) is 3.88 Å². The zero-order valence-electron chi connectivity index (χ0n) is 10.4. The van der Waals surface area contributed by atoms with Gasteiger partial charge >= 0.3 is 0 Å². The third-order valence-electron chi connectivity index (χ3n) is 5.31. The Balaban J connectivity index is 1.94. The first-order valence-electron chi connectivity index (χ1n) is 7.02. The van der Waals surface area contributed by atoms with Crippen molar-refractivity contribution < 1.29 is 4.57 Å². The second kappa shape index (κ2) is 2.85. The van der Waals surface area contributed by atoms with Gasteiger partial charge in [0.1, 0.15) is 0 Å². The van der Waals surface area contributed by atoms with Crippen molar-refractivity contribution in [2.75, 3.05) is 0 Å². The van der Waals surface area contributed by atoms with Gasteiger partial charge in [0, 0.05) is 17.2 Å². The van der Waals surface area contributed by atoms with E-state index < -0.39 is 0 Å². The number of hydrogen-bond donors (Lipinski definition) is 0. The summed E-state index contributed by atoms with van der Waals surface area (Å²) in [5.74, 6) is 0. The van der Waals surface area contributed by atoms with Crippen molar-refractivity contribution in [3.8, 4) is 0 Å². The molecule has 2 aromatic rings. The molecule has 0 bridgehead atoms. The number of rotatable bonds is 0. The Morgan fingerprint density at radius 3 is 2.61 bits per heavy atom. The minimum absolute atomic E-state index is 0.376. The average molecular weight is 234 g/mol. The third-order valence-corrected chi connectivity index (χ3v) is 5.31. The minimum atomic E-state index is 0.376. The van der Waals surface area contributed by atoms with Crippen LogP contribution in [0.4, 0.5) is 0 Å². The molecular formula is C17H16N+. The van der Waals surface area contributed by atoms with Gasteiger partial charge in [-0.3, -0.25) is 0 Å². The number of nitrogens with zero attached hydrogens (tertiary/aromatic N) is 1. The summed E-state index contributed by atoms with van der Waals surface area (Å²) in [6.07, 6.45) is 7.48. The minimum Gasteiger partial charge on any atom is -0.197 e. The quantitative estimate of drug-likeness (QED) is 0.617. The molecule has 3 aliphatic rings. The lowest BCUT2D eigenvalue weighted by molar-refractivity contribution is -0.701. The zero-order valence-corrected chi connectivity index (χ0v) is 10.4. The van der Waals surface area contributed by atoms with Crippen molar-refractivity contribution in [2.24, 2.45) is 0 Å². The maximum Gasteiger partial charge on any atom is 0.195 e. The molecule has 1 atom stereocenters. The smallest absolute Gasteiger partial charge is 0.195 e. The SMILES string of the molecule is c1cc2c3c(c1)C[n+]1cccc4c1C3(CC2)CC4. The van der Waals surface area contributed by atoms with Crippen molar-refractivity contribution in [1.82, 2.24) is 0 Å². The van der Waals surface area contributed by atoms with E-state index in [0.29, 0.717) is 5.41 Å². The van der Waals surface area contributed by atoms with Gasteiger partial charge in [-0.15, -0.1) is 0 Å². The van der Waals surface area contributed by atoms with E-state index in [1.165, 1.54) is 25.7 Å². The van der Waals surface area contributed by atoms with Crippen LogP contribution in [0.25, 0.3) is 0 Å². The molecule has 0 amide bonds. The summed E-state index contributed by atoms with van der Waals surface area (Å²) in [4.78, 5) is 0. The van der Waals surface area contributed by atoms with Crippen molar-refractivity contribution in [2.45, 2.75) is 37.6 Å². The van der Waals surface area contributed by atoms with E-state index in [9.17, 15) is 0 Å². The van der Waals surface area contributed by atoms with Crippen LogP contribution in [0.1, 0.15) is 40.8 Å². The summed E-state index contributed by atoms with van der Waals surface area (Å²) >= 11 is 0. The van der Waals surface area contributed by atoms with E-state index in [-0.39, 0.29) is 0 Å². The Hall–Kier alpha value is -1.63. The van der Waals surface area contributed by atoms with Gasteiger partial charge in [0.15, 0.2) is 18.4 Å². The molecule has 2 heterocycles. The molecule has 0 N–H and O–H groups in total. The molecule has 0 radical (unpaired) electrons. The summed E-state index contributed by atoms with van der Waals surface area (Å²) in [5, 5.41) is 0. The monoisotopic (exact) mass is 234 g/mol.